The number of fused-ring (bicyclic) bond motifs is 2. The van der Waals surface area contributed by atoms with Crippen molar-refractivity contribution in [3.8, 4) is 0 Å². The zero-order valence-corrected chi connectivity index (χ0v) is 18.1. The van der Waals surface area contributed by atoms with Gasteiger partial charge in [0.15, 0.2) is 0 Å². The van der Waals surface area contributed by atoms with Gasteiger partial charge in [0.05, 0.1) is 24.7 Å². The van der Waals surface area contributed by atoms with E-state index in [1.54, 1.807) is 11.0 Å². The van der Waals surface area contributed by atoms with Gasteiger partial charge in [-0.1, -0.05) is 25.7 Å². The average molecular weight is 383 g/mol. The maximum absolute atomic E-state index is 12.6. The van der Waals surface area contributed by atoms with Gasteiger partial charge in [-0.3, -0.25) is 9.80 Å². The van der Waals surface area contributed by atoms with Crippen LogP contribution < -0.4 is 0 Å². The van der Waals surface area contributed by atoms with Gasteiger partial charge in [0.2, 0.25) is 0 Å². The van der Waals surface area contributed by atoms with Crippen LogP contribution in [0.4, 0.5) is 9.59 Å². The SMILES string of the molecule is C=C[C@@H]1[C@@H]2CC[C@H](CN1C(=O)OCC[Si](C)(C)C)N2C(=O)OC(C)(C)C. The molecule has 0 aromatic rings. The van der Waals surface area contributed by atoms with Crippen molar-refractivity contribution in [1.29, 1.82) is 0 Å². The molecule has 0 aromatic carbocycles. The Hall–Kier alpha value is -1.50. The van der Waals surface area contributed by atoms with E-state index in [4.69, 9.17) is 9.47 Å². The lowest BCUT2D eigenvalue weighted by atomic mass is 10.0. The monoisotopic (exact) mass is 382 g/mol. The van der Waals surface area contributed by atoms with Gasteiger partial charge in [0.25, 0.3) is 0 Å². The maximum Gasteiger partial charge on any atom is 0.410 e. The number of rotatable bonds is 4. The highest BCUT2D eigenvalue weighted by molar-refractivity contribution is 6.76. The Balaban J connectivity index is 2.05. The molecule has 2 fully saturated rings. The second-order valence-corrected chi connectivity index (χ2v) is 15.1. The predicted molar refractivity (Wildman–Crippen MR) is 105 cm³/mol. The Morgan fingerprint density at radius 3 is 2.38 bits per heavy atom. The predicted octanol–water partition coefficient (Wildman–Crippen LogP) is 4.10. The summed E-state index contributed by atoms with van der Waals surface area (Å²) in [4.78, 5) is 28.8. The Bertz CT molecular complexity index is 553. The second-order valence-electron chi connectivity index (χ2n) is 9.49. The molecule has 2 amide bonds. The number of hydrogen-bond donors (Lipinski definition) is 0. The van der Waals surface area contributed by atoms with Gasteiger partial charge in [-0.15, -0.1) is 6.58 Å². The van der Waals surface area contributed by atoms with E-state index in [0.717, 1.165) is 18.9 Å². The zero-order chi connectivity index (χ0) is 19.7. The van der Waals surface area contributed by atoms with E-state index in [2.05, 4.69) is 26.2 Å². The van der Waals surface area contributed by atoms with Crippen molar-refractivity contribution in [1.82, 2.24) is 9.80 Å². The summed E-state index contributed by atoms with van der Waals surface area (Å²) in [6, 6.07) is 0.601. The van der Waals surface area contributed by atoms with Crippen LogP contribution in [-0.2, 0) is 9.47 Å². The van der Waals surface area contributed by atoms with Crippen molar-refractivity contribution >= 4 is 20.3 Å². The van der Waals surface area contributed by atoms with Gasteiger partial charge in [-0.2, -0.15) is 0 Å². The molecule has 2 heterocycles. The molecule has 2 aliphatic rings. The molecule has 2 bridgehead atoms. The number of nitrogens with zero attached hydrogens (tertiary/aromatic N) is 2. The van der Waals surface area contributed by atoms with Gasteiger partial charge in [0, 0.05) is 14.6 Å². The summed E-state index contributed by atoms with van der Waals surface area (Å²) in [6.45, 7) is 17.2. The van der Waals surface area contributed by atoms with E-state index in [1.165, 1.54) is 0 Å². The highest BCUT2D eigenvalue weighted by atomic mass is 28.3. The quantitative estimate of drug-likeness (QED) is 0.542. The largest absolute Gasteiger partial charge is 0.450 e. The first-order chi connectivity index (χ1) is 11.9. The van der Waals surface area contributed by atoms with Crippen LogP contribution in [0.1, 0.15) is 33.6 Å². The van der Waals surface area contributed by atoms with Crippen LogP contribution in [0.5, 0.6) is 0 Å². The van der Waals surface area contributed by atoms with Crippen LogP contribution in [0.15, 0.2) is 12.7 Å². The summed E-state index contributed by atoms with van der Waals surface area (Å²) in [5, 5.41) is 0. The molecule has 0 spiro atoms. The van der Waals surface area contributed by atoms with Crippen LogP contribution in [0, 0.1) is 0 Å². The van der Waals surface area contributed by atoms with E-state index in [0.29, 0.717) is 13.2 Å². The Kier molecular flexibility index (Phi) is 6.10. The standard InChI is InChI=1S/C19H34N2O4Si/c1-8-15-16-10-9-14(21(16)18(23)25-19(2,3)4)13-20(15)17(22)24-11-12-26(5,6)7/h8,14-16H,1,9-13H2,2-7H3/t14-,15-,16+/m1/s1. The normalized spacial score (nSPS) is 25.8. The molecule has 3 atom stereocenters. The van der Waals surface area contributed by atoms with E-state index in [-0.39, 0.29) is 30.3 Å². The fourth-order valence-corrected chi connectivity index (χ4v) is 4.30. The summed E-state index contributed by atoms with van der Waals surface area (Å²) in [5.41, 5.74) is -0.535. The second kappa shape index (κ2) is 7.62. The third-order valence-electron chi connectivity index (χ3n) is 4.87. The molecule has 6 nitrogen and oxygen atoms in total. The minimum atomic E-state index is -1.25. The van der Waals surface area contributed by atoms with Gasteiger partial charge in [-0.25, -0.2) is 9.59 Å². The Labute approximate surface area is 158 Å². The molecule has 2 saturated heterocycles. The number of carbonyl (C=O) groups excluding carboxylic acids is 2. The van der Waals surface area contributed by atoms with E-state index in [1.807, 2.05) is 25.7 Å². The fraction of sp³-hybridized carbons (Fsp3) is 0.789. The van der Waals surface area contributed by atoms with Crippen LogP contribution >= 0.6 is 0 Å². The molecule has 0 saturated carbocycles. The number of hydrogen-bond acceptors (Lipinski definition) is 4. The number of carbonyl (C=O) groups is 2. The maximum atomic E-state index is 12.6. The van der Waals surface area contributed by atoms with E-state index < -0.39 is 13.7 Å². The van der Waals surface area contributed by atoms with Crippen molar-refractivity contribution in [3.05, 3.63) is 12.7 Å². The zero-order valence-electron chi connectivity index (χ0n) is 17.1. The van der Waals surface area contributed by atoms with Crippen LogP contribution in [-0.4, -0.2) is 66.9 Å². The topological polar surface area (TPSA) is 59.1 Å². The summed E-state index contributed by atoms with van der Waals surface area (Å²) >= 11 is 0. The molecule has 0 aliphatic carbocycles. The summed E-state index contributed by atoms with van der Waals surface area (Å²) < 4.78 is 11.1. The minimum absolute atomic E-state index is 0.0180. The molecule has 0 radical (unpaired) electrons. The highest BCUT2D eigenvalue weighted by Gasteiger charge is 2.50. The molecule has 2 rings (SSSR count). The van der Waals surface area contributed by atoms with Crippen molar-refractivity contribution in [2.75, 3.05) is 13.2 Å². The lowest BCUT2D eigenvalue weighted by molar-refractivity contribution is -0.0145. The third kappa shape index (κ3) is 5.02. The van der Waals surface area contributed by atoms with Crippen molar-refractivity contribution in [2.45, 2.75) is 83.0 Å². The molecular formula is C19H34N2O4Si. The van der Waals surface area contributed by atoms with Gasteiger partial charge >= 0.3 is 12.2 Å². The number of likely N-dealkylation sites (tertiary alicyclic amines) is 1. The van der Waals surface area contributed by atoms with Gasteiger partial charge < -0.3 is 9.47 Å². The molecule has 0 unspecified atom stereocenters. The average Bonchev–Trinajstić information content (AvgIpc) is 2.79. The summed E-state index contributed by atoms with van der Waals surface area (Å²) in [6.07, 6.45) is 2.87. The smallest absolute Gasteiger partial charge is 0.410 e. The molecular weight excluding hydrogens is 348 g/mol. The molecule has 7 heteroatoms. The van der Waals surface area contributed by atoms with Crippen LogP contribution in [0.25, 0.3) is 0 Å². The molecule has 0 aromatic heterocycles. The third-order valence-corrected chi connectivity index (χ3v) is 6.57. The molecule has 2 aliphatic heterocycles. The van der Waals surface area contributed by atoms with Crippen LogP contribution in [0.3, 0.4) is 0 Å². The summed E-state index contributed by atoms with van der Waals surface area (Å²) in [5.74, 6) is 0. The molecule has 0 N–H and O–H groups in total. The van der Waals surface area contributed by atoms with Crippen molar-refractivity contribution in [3.63, 3.8) is 0 Å². The minimum Gasteiger partial charge on any atom is -0.450 e. The van der Waals surface area contributed by atoms with E-state index >= 15 is 0 Å². The summed E-state index contributed by atoms with van der Waals surface area (Å²) in [7, 11) is -1.25. The Morgan fingerprint density at radius 1 is 1.19 bits per heavy atom. The van der Waals surface area contributed by atoms with Crippen molar-refractivity contribution < 1.29 is 19.1 Å². The first kappa shape index (κ1) is 20.8. The first-order valence-electron chi connectivity index (χ1n) is 9.50. The fourth-order valence-electron chi connectivity index (χ4n) is 3.59. The van der Waals surface area contributed by atoms with Gasteiger partial charge in [0.1, 0.15) is 5.60 Å². The number of ether oxygens (including phenoxy) is 2. The Morgan fingerprint density at radius 2 is 1.85 bits per heavy atom. The van der Waals surface area contributed by atoms with Crippen LogP contribution in [0.2, 0.25) is 25.7 Å². The van der Waals surface area contributed by atoms with E-state index in [9.17, 15) is 9.59 Å². The number of amides is 2. The number of piperazine rings is 1. The van der Waals surface area contributed by atoms with Crippen molar-refractivity contribution in [2.24, 2.45) is 0 Å². The molecule has 26 heavy (non-hydrogen) atoms. The first-order valence-corrected chi connectivity index (χ1v) is 13.2. The lowest BCUT2D eigenvalue weighted by Crippen LogP contribution is -2.62. The molecule has 148 valence electrons. The van der Waals surface area contributed by atoms with Gasteiger partial charge in [-0.05, 0) is 39.7 Å². The highest BCUT2D eigenvalue weighted by Crippen LogP contribution is 2.36. The lowest BCUT2D eigenvalue weighted by Gasteiger charge is -2.45.